The second kappa shape index (κ2) is 7.93. The van der Waals surface area contributed by atoms with Gasteiger partial charge in [-0.05, 0) is 44.7 Å². The largest absolute Gasteiger partial charge is 0.297 e. The molecule has 0 bridgehead atoms. The summed E-state index contributed by atoms with van der Waals surface area (Å²) in [5, 5.41) is 8.60. The molecule has 0 aromatic carbocycles. The van der Waals surface area contributed by atoms with Crippen LogP contribution >= 0.6 is 0 Å². The van der Waals surface area contributed by atoms with Crippen LogP contribution in [0.3, 0.4) is 0 Å². The summed E-state index contributed by atoms with van der Waals surface area (Å²) >= 11 is 0. The van der Waals surface area contributed by atoms with Crippen LogP contribution in [0.2, 0.25) is 0 Å². The first-order valence-corrected chi connectivity index (χ1v) is 10.9. The van der Waals surface area contributed by atoms with Gasteiger partial charge in [0.05, 0.1) is 11.9 Å². The molecular weight excluding hydrogens is 326 g/mol. The summed E-state index contributed by atoms with van der Waals surface area (Å²) in [4.78, 5) is 2.48. The van der Waals surface area contributed by atoms with E-state index in [1.165, 1.54) is 31.9 Å². The zero-order valence-corrected chi connectivity index (χ0v) is 15.4. The van der Waals surface area contributed by atoms with Gasteiger partial charge >= 0.3 is 0 Å². The third kappa shape index (κ3) is 5.00. The topological polar surface area (TPSA) is 71.3 Å². The third-order valence-electron chi connectivity index (χ3n) is 5.16. The number of aromatic nitrogens is 3. The Labute approximate surface area is 145 Å². The molecular formula is C16H29N5O2S. The van der Waals surface area contributed by atoms with Crippen molar-refractivity contribution in [3.63, 3.8) is 0 Å². The monoisotopic (exact) mass is 355 g/mol. The number of likely N-dealkylation sites (tertiary alicyclic amines) is 1. The van der Waals surface area contributed by atoms with Crippen molar-refractivity contribution in [2.75, 3.05) is 32.4 Å². The summed E-state index contributed by atoms with van der Waals surface area (Å²) in [7, 11) is -3.04. The van der Waals surface area contributed by atoms with E-state index in [0.717, 1.165) is 44.7 Å². The van der Waals surface area contributed by atoms with Crippen LogP contribution in [0.25, 0.3) is 0 Å². The average molecular weight is 356 g/mol. The lowest BCUT2D eigenvalue weighted by Crippen LogP contribution is -2.38. The Kier molecular flexibility index (Phi) is 5.89. The van der Waals surface area contributed by atoms with Gasteiger partial charge < -0.3 is 0 Å². The van der Waals surface area contributed by atoms with Gasteiger partial charge in [0, 0.05) is 32.4 Å². The predicted molar refractivity (Wildman–Crippen MR) is 92.9 cm³/mol. The van der Waals surface area contributed by atoms with Crippen LogP contribution in [0.15, 0.2) is 6.20 Å². The Hall–Kier alpha value is -0.990. The first-order chi connectivity index (χ1) is 11.5. The standard InChI is InChI=1S/C16H29N5O2S/c1-24(22,23)21-10-6-15(7-11-21)12-20-14-16(17-18-20)13-19-8-4-2-3-5-9-19/h14-15H,2-13H2,1H3. The Balaban J connectivity index is 1.48. The van der Waals surface area contributed by atoms with E-state index in [-0.39, 0.29) is 0 Å². The molecule has 2 fully saturated rings. The number of rotatable bonds is 5. The fourth-order valence-electron chi connectivity index (χ4n) is 3.71. The van der Waals surface area contributed by atoms with Crippen LogP contribution < -0.4 is 0 Å². The highest BCUT2D eigenvalue weighted by Crippen LogP contribution is 2.20. The Morgan fingerprint density at radius 1 is 1.08 bits per heavy atom. The van der Waals surface area contributed by atoms with Crippen molar-refractivity contribution in [1.82, 2.24) is 24.2 Å². The van der Waals surface area contributed by atoms with Crippen molar-refractivity contribution >= 4 is 10.0 Å². The molecule has 1 aromatic rings. The zero-order valence-electron chi connectivity index (χ0n) is 14.6. The van der Waals surface area contributed by atoms with Crippen molar-refractivity contribution in [1.29, 1.82) is 0 Å². The Morgan fingerprint density at radius 2 is 1.75 bits per heavy atom. The van der Waals surface area contributed by atoms with E-state index in [2.05, 4.69) is 21.4 Å². The summed E-state index contributed by atoms with van der Waals surface area (Å²) in [5.74, 6) is 0.482. The van der Waals surface area contributed by atoms with Gasteiger partial charge in [0.1, 0.15) is 0 Å². The average Bonchev–Trinajstić information content (AvgIpc) is 2.80. The molecule has 1 aromatic heterocycles. The Morgan fingerprint density at radius 3 is 2.38 bits per heavy atom. The van der Waals surface area contributed by atoms with Gasteiger partial charge in [-0.15, -0.1) is 5.10 Å². The van der Waals surface area contributed by atoms with E-state index < -0.39 is 10.0 Å². The fourth-order valence-corrected chi connectivity index (χ4v) is 4.59. The summed E-state index contributed by atoms with van der Waals surface area (Å²) in [5.41, 5.74) is 1.05. The second-order valence-electron chi connectivity index (χ2n) is 7.23. The molecule has 0 atom stereocenters. The molecule has 0 aliphatic carbocycles. The van der Waals surface area contributed by atoms with Gasteiger partial charge in [0.15, 0.2) is 0 Å². The minimum Gasteiger partial charge on any atom is -0.297 e. The molecule has 136 valence electrons. The number of sulfonamides is 1. The van der Waals surface area contributed by atoms with Crippen LogP contribution in [-0.4, -0.2) is 65.1 Å². The molecule has 0 unspecified atom stereocenters. The molecule has 3 heterocycles. The summed E-state index contributed by atoms with van der Waals surface area (Å²) in [6, 6.07) is 0. The smallest absolute Gasteiger partial charge is 0.211 e. The maximum atomic E-state index is 11.6. The highest BCUT2D eigenvalue weighted by Gasteiger charge is 2.25. The van der Waals surface area contributed by atoms with Crippen molar-refractivity contribution in [3.8, 4) is 0 Å². The van der Waals surface area contributed by atoms with Gasteiger partial charge in [0.25, 0.3) is 0 Å². The van der Waals surface area contributed by atoms with Crippen LogP contribution in [0.4, 0.5) is 0 Å². The number of piperidine rings is 1. The molecule has 0 N–H and O–H groups in total. The molecule has 2 saturated heterocycles. The van der Waals surface area contributed by atoms with Gasteiger partial charge in [-0.25, -0.2) is 12.7 Å². The number of hydrogen-bond donors (Lipinski definition) is 0. The van der Waals surface area contributed by atoms with Crippen LogP contribution in [0.5, 0.6) is 0 Å². The van der Waals surface area contributed by atoms with Gasteiger partial charge in [-0.3, -0.25) is 9.58 Å². The number of hydrogen-bond acceptors (Lipinski definition) is 5. The summed E-state index contributed by atoms with van der Waals surface area (Å²) in [6.45, 7) is 5.31. The summed E-state index contributed by atoms with van der Waals surface area (Å²) in [6.07, 6.45) is 10.4. The lowest BCUT2D eigenvalue weighted by Gasteiger charge is -2.29. The van der Waals surface area contributed by atoms with Crippen LogP contribution in [-0.2, 0) is 23.1 Å². The lowest BCUT2D eigenvalue weighted by molar-refractivity contribution is 0.247. The van der Waals surface area contributed by atoms with Gasteiger partial charge in [-0.1, -0.05) is 18.1 Å². The molecule has 24 heavy (non-hydrogen) atoms. The maximum absolute atomic E-state index is 11.6. The normalized spacial score (nSPS) is 22.5. The molecule has 7 nitrogen and oxygen atoms in total. The van der Waals surface area contributed by atoms with Gasteiger partial charge in [0.2, 0.25) is 10.0 Å². The van der Waals surface area contributed by atoms with Crippen LogP contribution in [0.1, 0.15) is 44.2 Å². The SMILES string of the molecule is CS(=O)(=O)N1CCC(Cn2cc(CN3CCCCCC3)nn2)CC1. The van der Waals surface area contributed by atoms with Crippen molar-refractivity contribution in [3.05, 3.63) is 11.9 Å². The molecule has 8 heteroatoms. The van der Waals surface area contributed by atoms with Crippen molar-refractivity contribution in [2.24, 2.45) is 5.92 Å². The fraction of sp³-hybridized carbons (Fsp3) is 0.875. The van der Waals surface area contributed by atoms with E-state index in [4.69, 9.17) is 0 Å². The Bertz CT molecular complexity index is 614. The summed E-state index contributed by atoms with van der Waals surface area (Å²) < 4.78 is 26.6. The minimum absolute atomic E-state index is 0.482. The first kappa shape index (κ1) is 17.8. The molecule has 0 spiro atoms. The van der Waals surface area contributed by atoms with Crippen molar-refractivity contribution in [2.45, 2.75) is 51.6 Å². The van der Waals surface area contributed by atoms with E-state index in [9.17, 15) is 8.42 Å². The number of nitrogens with zero attached hydrogens (tertiary/aromatic N) is 5. The van der Waals surface area contributed by atoms with E-state index in [1.54, 1.807) is 4.31 Å². The molecule has 0 amide bonds. The van der Waals surface area contributed by atoms with Crippen LogP contribution in [0, 0.1) is 5.92 Å². The maximum Gasteiger partial charge on any atom is 0.211 e. The lowest BCUT2D eigenvalue weighted by atomic mass is 9.98. The molecule has 3 rings (SSSR count). The predicted octanol–water partition coefficient (Wildman–Crippen LogP) is 1.33. The van der Waals surface area contributed by atoms with Gasteiger partial charge in [-0.2, -0.15) is 0 Å². The zero-order chi connectivity index (χ0) is 17.0. The molecule has 2 aliphatic rings. The molecule has 0 radical (unpaired) electrons. The quantitative estimate of drug-likeness (QED) is 0.797. The molecule has 2 aliphatic heterocycles. The van der Waals surface area contributed by atoms with E-state index >= 15 is 0 Å². The third-order valence-corrected chi connectivity index (χ3v) is 6.46. The highest BCUT2D eigenvalue weighted by molar-refractivity contribution is 7.88. The van der Waals surface area contributed by atoms with Crippen molar-refractivity contribution < 1.29 is 8.42 Å². The molecule has 0 saturated carbocycles. The minimum atomic E-state index is -3.04. The first-order valence-electron chi connectivity index (χ1n) is 9.07. The highest BCUT2D eigenvalue weighted by atomic mass is 32.2. The van der Waals surface area contributed by atoms with E-state index in [0.29, 0.717) is 19.0 Å². The van der Waals surface area contributed by atoms with E-state index in [1.807, 2.05) is 4.68 Å². The second-order valence-corrected chi connectivity index (χ2v) is 9.21.